The molecule has 1 rings (SSSR count). The van der Waals surface area contributed by atoms with Crippen molar-refractivity contribution in [1.82, 2.24) is 5.32 Å². The molecular formula is C13H20BrNO. The molecule has 16 heavy (non-hydrogen) atoms. The third-order valence-electron chi connectivity index (χ3n) is 2.74. The maximum atomic E-state index is 5.38. The second-order valence-electron chi connectivity index (χ2n) is 4.62. The van der Waals surface area contributed by atoms with E-state index in [4.69, 9.17) is 4.74 Å². The van der Waals surface area contributed by atoms with Crippen LogP contribution in [-0.2, 0) is 4.74 Å². The summed E-state index contributed by atoms with van der Waals surface area (Å²) in [6.45, 7) is 7.14. The zero-order valence-electron chi connectivity index (χ0n) is 10.4. The number of benzene rings is 1. The van der Waals surface area contributed by atoms with Gasteiger partial charge >= 0.3 is 0 Å². The number of nitrogens with one attached hydrogen (secondary N) is 1. The first-order valence-corrected chi connectivity index (χ1v) is 6.28. The van der Waals surface area contributed by atoms with E-state index in [0.29, 0.717) is 6.04 Å². The Morgan fingerprint density at radius 1 is 1.44 bits per heavy atom. The van der Waals surface area contributed by atoms with Crippen LogP contribution in [0, 0.1) is 0 Å². The van der Waals surface area contributed by atoms with Crippen molar-refractivity contribution in [2.75, 3.05) is 13.7 Å². The van der Waals surface area contributed by atoms with E-state index in [2.05, 4.69) is 60.2 Å². The Balaban J connectivity index is 2.56. The van der Waals surface area contributed by atoms with Gasteiger partial charge in [0.25, 0.3) is 0 Å². The minimum absolute atomic E-state index is 0.125. The van der Waals surface area contributed by atoms with E-state index in [1.807, 2.05) is 6.07 Å². The summed E-state index contributed by atoms with van der Waals surface area (Å²) in [7, 11) is 1.74. The molecular weight excluding hydrogens is 266 g/mol. The molecule has 0 aliphatic rings. The molecule has 0 spiro atoms. The molecule has 0 aromatic heterocycles. The maximum absolute atomic E-state index is 5.38. The van der Waals surface area contributed by atoms with E-state index in [-0.39, 0.29) is 5.60 Å². The van der Waals surface area contributed by atoms with E-state index in [0.717, 1.165) is 11.0 Å². The van der Waals surface area contributed by atoms with E-state index < -0.39 is 0 Å². The molecule has 0 amide bonds. The van der Waals surface area contributed by atoms with E-state index in [1.54, 1.807) is 7.11 Å². The number of ether oxygens (including phenoxy) is 1. The predicted octanol–water partition coefficient (Wildman–Crippen LogP) is 3.52. The second-order valence-corrected chi connectivity index (χ2v) is 5.54. The van der Waals surface area contributed by atoms with E-state index >= 15 is 0 Å². The minimum Gasteiger partial charge on any atom is -0.377 e. The summed E-state index contributed by atoms with van der Waals surface area (Å²) in [5, 5.41) is 3.47. The van der Waals surface area contributed by atoms with Crippen molar-refractivity contribution in [2.24, 2.45) is 0 Å². The Morgan fingerprint density at radius 3 is 2.69 bits per heavy atom. The van der Waals surface area contributed by atoms with Crippen LogP contribution in [0.25, 0.3) is 0 Å². The summed E-state index contributed by atoms with van der Waals surface area (Å²) in [6, 6.07) is 8.68. The van der Waals surface area contributed by atoms with Gasteiger partial charge in [0.15, 0.2) is 0 Å². The summed E-state index contributed by atoms with van der Waals surface area (Å²) in [5.74, 6) is 0. The monoisotopic (exact) mass is 285 g/mol. The zero-order chi connectivity index (χ0) is 12.2. The average molecular weight is 286 g/mol. The highest BCUT2D eigenvalue weighted by Crippen LogP contribution is 2.18. The maximum Gasteiger partial charge on any atom is 0.0746 e. The first-order valence-electron chi connectivity index (χ1n) is 5.48. The van der Waals surface area contributed by atoms with Gasteiger partial charge in [-0.2, -0.15) is 0 Å². The Kier molecular flexibility index (Phi) is 4.96. The fourth-order valence-electron chi connectivity index (χ4n) is 1.36. The van der Waals surface area contributed by atoms with Crippen molar-refractivity contribution < 1.29 is 4.74 Å². The van der Waals surface area contributed by atoms with Gasteiger partial charge in [0.2, 0.25) is 0 Å². The average Bonchev–Trinajstić information content (AvgIpc) is 2.26. The Morgan fingerprint density at radius 2 is 2.12 bits per heavy atom. The Hall–Kier alpha value is -0.380. The van der Waals surface area contributed by atoms with Crippen molar-refractivity contribution in [3.8, 4) is 0 Å². The molecule has 0 fully saturated rings. The fourth-order valence-corrected chi connectivity index (χ4v) is 1.78. The molecule has 3 heteroatoms. The molecule has 0 aliphatic carbocycles. The van der Waals surface area contributed by atoms with Crippen molar-refractivity contribution in [2.45, 2.75) is 32.4 Å². The summed E-state index contributed by atoms with van der Waals surface area (Å²) in [4.78, 5) is 0. The van der Waals surface area contributed by atoms with Gasteiger partial charge in [0, 0.05) is 24.2 Å². The van der Waals surface area contributed by atoms with Crippen LogP contribution in [0.15, 0.2) is 28.7 Å². The highest BCUT2D eigenvalue weighted by molar-refractivity contribution is 9.10. The largest absolute Gasteiger partial charge is 0.377 e. The molecule has 2 nitrogen and oxygen atoms in total. The van der Waals surface area contributed by atoms with Crippen molar-refractivity contribution >= 4 is 15.9 Å². The first-order chi connectivity index (χ1) is 7.44. The third-order valence-corrected chi connectivity index (χ3v) is 3.23. The van der Waals surface area contributed by atoms with Gasteiger partial charge in [-0.3, -0.25) is 0 Å². The number of halogens is 1. The normalized spacial score (nSPS) is 13.8. The van der Waals surface area contributed by atoms with Crippen molar-refractivity contribution in [3.63, 3.8) is 0 Å². The molecule has 1 aromatic rings. The number of rotatable bonds is 5. The van der Waals surface area contributed by atoms with Crippen LogP contribution in [0.3, 0.4) is 0 Å². The summed E-state index contributed by atoms with van der Waals surface area (Å²) in [5.41, 5.74) is 1.15. The van der Waals surface area contributed by atoms with Crippen molar-refractivity contribution in [3.05, 3.63) is 34.3 Å². The number of hydrogen-bond acceptors (Lipinski definition) is 2. The van der Waals surface area contributed by atoms with Crippen LogP contribution < -0.4 is 5.32 Å². The molecule has 0 radical (unpaired) electrons. The lowest BCUT2D eigenvalue weighted by Gasteiger charge is -2.26. The SMILES string of the molecule is COC(C)(C)CNC(C)c1cccc(Br)c1. The van der Waals surface area contributed by atoms with Gasteiger partial charge in [-0.1, -0.05) is 28.1 Å². The van der Waals surface area contributed by atoms with E-state index in [9.17, 15) is 0 Å². The van der Waals surface area contributed by atoms with Gasteiger partial charge in [0.05, 0.1) is 5.60 Å². The van der Waals surface area contributed by atoms with Gasteiger partial charge in [-0.25, -0.2) is 0 Å². The Bertz CT molecular complexity index is 338. The standard InChI is InChI=1S/C13H20BrNO/c1-10(15-9-13(2,3)16-4)11-6-5-7-12(14)8-11/h5-8,10,15H,9H2,1-4H3. The molecule has 1 N–H and O–H groups in total. The molecule has 0 aliphatic heterocycles. The minimum atomic E-state index is -0.125. The predicted molar refractivity (Wildman–Crippen MR) is 71.6 cm³/mol. The smallest absolute Gasteiger partial charge is 0.0746 e. The summed E-state index contributed by atoms with van der Waals surface area (Å²) in [6.07, 6.45) is 0. The van der Waals surface area contributed by atoms with Crippen LogP contribution in [0.2, 0.25) is 0 Å². The molecule has 1 aromatic carbocycles. The van der Waals surface area contributed by atoms with Gasteiger partial charge < -0.3 is 10.1 Å². The van der Waals surface area contributed by atoms with Gasteiger partial charge in [-0.05, 0) is 38.5 Å². The fraction of sp³-hybridized carbons (Fsp3) is 0.538. The third kappa shape index (κ3) is 4.24. The Labute approximate surface area is 107 Å². The number of methoxy groups -OCH3 is 1. The molecule has 0 saturated heterocycles. The summed E-state index contributed by atoms with van der Waals surface area (Å²) < 4.78 is 6.49. The molecule has 0 saturated carbocycles. The molecule has 0 heterocycles. The molecule has 90 valence electrons. The lowest BCUT2D eigenvalue weighted by Crippen LogP contribution is -2.37. The molecule has 0 bridgehead atoms. The van der Waals surface area contributed by atoms with E-state index in [1.165, 1.54) is 5.56 Å². The highest BCUT2D eigenvalue weighted by Gasteiger charge is 2.17. The van der Waals surface area contributed by atoms with Crippen LogP contribution in [0.1, 0.15) is 32.4 Å². The van der Waals surface area contributed by atoms with Crippen LogP contribution in [-0.4, -0.2) is 19.3 Å². The van der Waals surface area contributed by atoms with Gasteiger partial charge in [-0.15, -0.1) is 0 Å². The quantitative estimate of drug-likeness (QED) is 0.894. The molecule has 1 unspecified atom stereocenters. The zero-order valence-corrected chi connectivity index (χ0v) is 12.0. The second kappa shape index (κ2) is 5.80. The first kappa shape index (κ1) is 13.7. The summed E-state index contributed by atoms with van der Waals surface area (Å²) >= 11 is 3.48. The highest BCUT2D eigenvalue weighted by atomic mass is 79.9. The lowest BCUT2D eigenvalue weighted by atomic mass is 10.1. The van der Waals surface area contributed by atoms with Gasteiger partial charge in [0.1, 0.15) is 0 Å². The van der Waals surface area contributed by atoms with Crippen LogP contribution in [0.5, 0.6) is 0 Å². The molecule has 1 atom stereocenters. The lowest BCUT2D eigenvalue weighted by molar-refractivity contribution is 0.0214. The topological polar surface area (TPSA) is 21.3 Å². The van der Waals surface area contributed by atoms with Crippen LogP contribution >= 0.6 is 15.9 Å². The number of hydrogen-bond donors (Lipinski definition) is 1. The van der Waals surface area contributed by atoms with Crippen LogP contribution in [0.4, 0.5) is 0 Å². The van der Waals surface area contributed by atoms with Crippen molar-refractivity contribution in [1.29, 1.82) is 0 Å².